The first-order valence-corrected chi connectivity index (χ1v) is 11.1. The fourth-order valence-electron chi connectivity index (χ4n) is 3.83. The van der Waals surface area contributed by atoms with Gasteiger partial charge in [0.2, 0.25) is 5.91 Å². The first-order chi connectivity index (χ1) is 15.9. The Morgan fingerprint density at radius 2 is 1.33 bits per heavy atom. The summed E-state index contributed by atoms with van der Waals surface area (Å²) in [6.45, 7) is 5.50. The topological polar surface area (TPSA) is 81.9 Å². The molecule has 0 spiro atoms. The molecule has 6 nitrogen and oxygen atoms in total. The van der Waals surface area contributed by atoms with E-state index in [0.717, 1.165) is 18.6 Å². The number of ether oxygens (including phenoxy) is 2. The van der Waals surface area contributed by atoms with Crippen LogP contribution in [-0.4, -0.2) is 35.9 Å². The van der Waals surface area contributed by atoms with E-state index < -0.39 is 5.91 Å². The maximum atomic E-state index is 12.9. The van der Waals surface area contributed by atoms with Crippen LogP contribution in [0.5, 0.6) is 17.2 Å². The molecule has 2 N–H and O–H groups in total. The van der Waals surface area contributed by atoms with Crippen molar-refractivity contribution in [3.63, 3.8) is 0 Å². The second-order valence-corrected chi connectivity index (χ2v) is 8.37. The van der Waals surface area contributed by atoms with Gasteiger partial charge in [0.1, 0.15) is 23.4 Å². The number of hydrogen-bond acceptors (Lipinski definition) is 4. The molecule has 0 saturated carbocycles. The minimum atomic E-state index is -0.481. The van der Waals surface area contributed by atoms with E-state index in [2.05, 4.69) is 26.0 Å². The van der Waals surface area contributed by atoms with Crippen molar-refractivity contribution < 1.29 is 19.1 Å². The van der Waals surface area contributed by atoms with Crippen molar-refractivity contribution in [1.29, 1.82) is 0 Å². The molecule has 0 unspecified atom stereocenters. The standard InChI is InChI=1S/C27H28N2O4/c1-18-3-8-25(17-19(18)2)33-24-13-15-29(16-14-24)27(31)21-6-11-23(12-7-21)32-22-9-4-20(5-10-22)26(28)30/h3-12,17,24H,13-16H2,1-2H3,(H2,28,30). The number of nitrogens with two attached hydrogens (primary N) is 1. The molecule has 1 saturated heterocycles. The summed E-state index contributed by atoms with van der Waals surface area (Å²) < 4.78 is 11.9. The molecule has 6 heteroatoms. The van der Waals surface area contributed by atoms with Crippen LogP contribution in [0.15, 0.2) is 66.7 Å². The molecule has 1 aliphatic heterocycles. The molecule has 1 heterocycles. The molecule has 2 amide bonds. The number of benzene rings is 3. The normalized spacial score (nSPS) is 14.1. The fourth-order valence-corrected chi connectivity index (χ4v) is 3.83. The molecular formula is C27H28N2O4. The van der Waals surface area contributed by atoms with Crippen molar-refractivity contribution >= 4 is 11.8 Å². The monoisotopic (exact) mass is 444 g/mol. The van der Waals surface area contributed by atoms with E-state index in [4.69, 9.17) is 15.2 Å². The molecule has 1 aliphatic rings. The van der Waals surface area contributed by atoms with E-state index in [9.17, 15) is 9.59 Å². The van der Waals surface area contributed by atoms with Crippen LogP contribution in [0.4, 0.5) is 0 Å². The summed E-state index contributed by atoms with van der Waals surface area (Å²) in [5.74, 6) is 1.62. The van der Waals surface area contributed by atoms with Crippen molar-refractivity contribution in [1.82, 2.24) is 4.90 Å². The highest BCUT2D eigenvalue weighted by Gasteiger charge is 2.25. The van der Waals surface area contributed by atoms with Crippen LogP contribution in [0.2, 0.25) is 0 Å². The van der Waals surface area contributed by atoms with Gasteiger partial charge >= 0.3 is 0 Å². The third kappa shape index (κ3) is 5.52. The molecule has 0 aliphatic carbocycles. The number of carbonyl (C=O) groups is 2. The van der Waals surface area contributed by atoms with Crippen molar-refractivity contribution in [2.24, 2.45) is 5.73 Å². The summed E-state index contributed by atoms with van der Waals surface area (Å²) >= 11 is 0. The predicted octanol–water partition coefficient (Wildman–Crippen LogP) is 4.88. The lowest BCUT2D eigenvalue weighted by atomic mass is 10.1. The zero-order valence-electron chi connectivity index (χ0n) is 18.9. The maximum Gasteiger partial charge on any atom is 0.253 e. The van der Waals surface area contributed by atoms with Gasteiger partial charge in [0.15, 0.2) is 0 Å². The summed E-state index contributed by atoms with van der Waals surface area (Å²) in [5, 5.41) is 0. The molecule has 0 aromatic heterocycles. The first-order valence-electron chi connectivity index (χ1n) is 11.1. The summed E-state index contributed by atoms with van der Waals surface area (Å²) in [7, 11) is 0. The highest BCUT2D eigenvalue weighted by molar-refractivity contribution is 5.94. The molecule has 0 atom stereocenters. The van der Waals surface area contributed by atoms with Crippen LogP contribution in [-0.2, 0) is 0 Å². The second-order valence-electron chi connectivity index (χ2n) is 8.37. The third-order valence-corrected chi connectivity index (χ3v) is 5.99. The van der Waals surface area contributed by atoms with Crippen molar-refractivity contribution in [3.05, 3.63) is 89.0 Å². The van der Waals surface area contributed by atoms with Gasteiger partial charge in [0.25, 0.3) is 5.91 Å². The molecule has 1 fully saturated rings. The van der Waals surface area contributed by atoms with Crippen molar-refractivity contribution in [2.75, 3.05) is 13.1 Å². The van der Waals surface area contributed by atoms with Crippen LogP contribution in [0, 0.1) is 13.8 Å². The van der Waals surface area contributed by atoms with Crippen LogP contribution in [0.3, 0.4) is 0 Å². The fraction of sp³-hybridized carbons (Fsp3) is 0.259. The van der Waals surface area contributed by atoms with E-state index in [0.29, 0.717) is 35.7 Å². The molecule has 3 aromatic rings. The van der Waals surface area contributed by atoms with E-state index in [-0.39, 0.29) is 12.0 Å². The number of hydrogen-bond donors (Lipinski definition) is 1. The minimum Gasteiger partial charge on any atom is -0.490 e. The summed E-state index contributed by atoms with van der Waals surface area (Å²) in [6, 6.07) is 19.8. The number of nitrogens with zero attached hydrogens (tertiary/aromatic N) is 1. The first kappa shape index (κ1) is 22.4. The number of likely N-dealkylation sites (tertiary alicyclic amines) is 1. The number of carbonyl (C=O) groups excluding carboxylic acids is 2. The van der Waals surface area contributed by atoms with E-state index in [1.54, 1.807) is 48.5 Å². The molecule has 3 aromatic carbocycles. The van der Waals surface area contributed by atoms with Gasteiger partial charge in [0, 0.05) is 37.1 Å². The summed E-state index contributed by atoms with van der Waals surface area (Å²) in [4.78, 5) is 26.0. The van der Waals surface area contributed by atoms with Gasteiger partial charge in [-0.1, -0.05) is 6.07 Å². The third-order valence-electron chi connectivity index (χ3n) is 5.99. The quantitative estimate of drug-likeness (QED) is 0.588. The molecule has 0 bridgehead atoms. The number of amides is 2. The Labute approximate surface area is 193 Å². The number of aryl methyl sites for hydroxylation is 2. The SMILES string of the molecule is Cc1ccc(OC2CCN(C(=O)c3ccc(Oc4ccc(C(N)=O)cc4)cc3)CC2)cc1C. The number of piperidine rings is 1. The van der Waals surface area contributed by atoms with Gasteiger partial charge < -0.3 is 20.1 Å². The number of rotatable bonds is 6. The average molecular weight is 445 g/mol. The maximum absolute atomic E-state index is 12.9. The van der Waals surface area contributed by atoms with Crippen molar-refractivity contribution in [2.45, 2.75) is 32.8 Å². The smallest absolute Gasteiger partial charge is 0.253 e. The highest BCUT2D eigenvalue weighted by Crippen LogP contribution is 2.25. The van der Waals surface area contributed by atoms with E-state index in [1.165, 1.54) is 11.1 Å². The highest BCUT2D eigenvalue weighted by atomic mass is 16.5. The van der Waals surface area contributed by atoms with Gasteiger partial charge in [-0.3, -0.25) is 9.59 Å². The van der Waals surface area contributed by atoms with Crippen molar-refractivity contribution in [3.8, 4) is 17.2 Å². The van der Waals surface area contributed by atoms with Crippen LogP contribution in [0.1, 0.15) is 44.7 Å². The Morgan fingerprint density at radius 1 is 0.788 bits per heavy atom. The summed E-state index contributed by atoms with van der Waals surface area (Å²) in [6.07, 6.45) is 1.73. The lowest BCUT2D eigenvalue weighted by Gasteiger charge is -2.32. The van der Waals surface area contributed by atoms with E-state index in [1.807, 2.05) is 11.0 Å². The Kier molecular flexibility index (Phi) is 6.63. The molecule has 33 heavy (non-hydrogen) atoms. The van der Waals surface area contributed by atoms with E-state index >= 15 is 0 Å². The van der Waals surface area contributed by atoms with Gasteiger partial charge in [0.05, 0.1) is 0 Å². The lowest BCUT2D eigenvalue weighted by Crippen LogP contribution is -2.41. The average Bonchev–Trinajstić information content (AvgIpc) is 2.82. The Bertz CT molecular complexity index is 1130. The molecule has 170 valence electrons. The van der Waals surface area contributed by atoms with Crippen LogP contribution in [0.25, 0.3) is 0 Å². The van der Waals surface area contributed by atoms with Gasteiger partial charge in [-0.05, 0) is 85.6 Å². The van der Waals surface area contributed by atoms with Gasteiger partial charge in [-0.25, -0.2) is 0 Å². The lowest BCUT2D eigenvalue weighted by molar-refractivity contribution is 0.0595. The largest absolute Gasteiger partial charge is 0.490 e. The summed E-state index contributed by atoms with van der Waals surface area (Å²) in [5.41, 5.74) is 8.77. The minimum absolute atomic E-state index is 0.0111. The zero-order valence-corrected chi connectivity index (χ0v) is 18.9. The van der Waals surface area contributed by atoms with Gasteiger partial charge in [-0.2, -0.15) is 0 Å². The Balaban J connectivity index is 1.30. The molecule has 0 radical (unpaired) electrons. The van der Waals surface area contributed by atoms with Gasteiger partial charge in [-0.15, -0.1) is 0 Å². The predicted molar refractivity (Wildman–Crippen MR) is 127 cm³/mol. The number of primary amides is 1. The zero-order chi connectivity index (χ0) is 23.4. The second kappa shape index (κ2) is 9.77. The molecule has 4 rings (SSSR count). The molecular weight excluding hydrogens is 416 g/mol. The Morgan fingerprint density at radius 3 is 1.88 bits per heavy atom. The Hall–Kier alpha value is -3.80. The van der Waals surface area contributed by atoms with Crippen LogP contribution >= 0.6 is 0 Å². The van der Waals surface area contributed by atoms with Crippen LogP contribution < -0.4 is 15.2 Å².